The van der Waals surface area contributed by atoms with Gasteiger partial charge in [0.15, 0.2) is 11.0 Å². The maximum atomic E-state index is 12.3. The summed E-state index contributed by atoms with van der Waals surface area (Å²) in [6, 6.07) is 13.0. The van der Waals surface area contributed by atoms with Gasteiger partial charge in [0.2, 0.25) is 5.91 Å². The number of anilines is 1. The molecule has 0 aliphatic heterocycles. The third-order valence-electron chi connectivity index (χ3n) is 4.40. The van der Waals surface area contributed by atoms with Crippen LogP contribution in [0.4, 0.5) is 5.69 Å². The van der Waals surface area contributed by atoms with Gasteiger partial charge in [0.25, 0.3) is 0 Å². The molecule has 9 heteroatoms. The summed E-state index contributed by atoms with van der Waals surface area (Å²) in [7, 11) is 0. The fourth-order valence-electron chi connectivity index (χ4n) is 3.04. The molecule has 2 heterocycles. The summed E-state index contributed by atoms with van der Waals surface area (Å²) in [6.45, 7) is 2.72. The zero-order chi connectivity index (χ0) is 20.4. The summed E-state index contributed by atoms with van der Waals surface area (Å²) in [5.41, 5.74) is 2.63. The van der Waals surface area contributed by atoms with Crippen molar-refractivity contribution >= 4 is 57.5 Å². The summed E-state index contributed by atoms with van der Waals surface area (Å²) in [5, 5.41) is 14.1. The van der Waals surface area contributed by atoms with E-state index in [0.29, 0.717) is 27.4 Å². The van der Waals surface area contributed by atoms with Gasteiger partial charge in [-0.25, -0.2) is 0 Å². The highest BCUT2D eigenvalue weighted by Gasteiger charge is 2.17. The maximum Gasteiger partial charge on any atom is 0.234 e. The molecule has 0 radical (unpaired) electrons. The highest BCUT2D eigenvalue weighted by Crippen LogP contribution is 2.30. The normalized spacial score (nSPS) is 11.1. The van der Waals surface area contributed by atoms with Crippen molar-refractivity contribution in [2.24, 2.45) is 0 Å². The van der Waals surface area contributed by atoms with Crippen LogP contribution in [-0.2, 0) is 11.3 Å². The Morgan fingerprint density at radius 3 is 2.79 bits per heavy atom. The van der Waals surface area contributed by atoms with Crippen LogP contribution < -0.4 is 5.32 Å². The lowest BCUT2D eigenvalue weighted by atomic mass is 10.1. The van der Waals surface area contributed by atoms with E-state index >= 15 is 0 Å². The number of aromatic amines is 1. The molecule has 4 aromatic rings. The lowest BCUT2D eigenvalue weighted by Crippen LogP contribution is -2.14. The minimum absolute atomic E-state index is 0.160. The molecule has 2 aromatic carbocycles. The molecule has 0 unspecified atom stereocenters. The lowest BCUT2D eigenvalue weighted by Gasteiger charge is -2.08. The first kappa shape index (κ1) is 19.8. The van der Waals surface area contributed by atoms with Crippen molar-refractivity contribution in [1.29, 1.82) is 0 Å². The second-order valence-corrected chi connectivity index (χ2v) is 8.02. The molecule has 0 fully saturated rings. The quantitative estimate of drug-likeness (QED) is 0.385. The zero-order valence-corrected chi connectivity index (χ0v) is 17.8. The summed E-state index contributed by atoms with van der Waals surface area (Å²) in [4.78, 5) is 15.6. The third-order valence-corrected chi connectivity index (χ3v) is 6.10. The van der Waals surface area contributed by atoms with Crippen molar-refractivity contribution in [2.45, 2.75) is 18.6 Å². The Morgan fingerprint density at radius 1 is 1.17 bits per heavy atom. The van der Waals surface area contributed by atoms with Crippen LogP contribution in [0.1, 0.15) is 6.92 Å². The number of nitrogens with one attached hydrogen (secondary N) is 2. The zero-order valence-electron chi connectivity index (χ0n) is 15.4. The largest absolute Gasteiger partial charge is 0.360 e. The van der Waals surface area contributed by atoms with Crippen molar-refractivity contribution in [1.82, 2.24) is 19.7 Å². The van der Waals surface area contributed by atoms with Crippen LogP contribution in [-0.4, -0.2) is 31.4 Å². The number of carbonyl (C=O) groups excluding carboxylic acids is 1. The van der Waals surface area contributed by atoms with Crippen molar-refractivity contribution < 1.29 is 4.79 Å². The molecule has 29 heavy (non-hydrogen) atoms. The van der Waals surface area contributed by atoms with E-state index in [2.05, 4.69) is 20.5 Å². The second-order valence-electron chi connectivity index (χ2n) is 6.26. The van der Waals surface area contributed by atoms with Gasteiger partial charge in [-0.05, 0) is 31.2 Å². The number of hydrogen-bond donors (Lipinski definition) is 2. The van der Waals surface area contributed by atoms with E-state index in [1.165, 1.54) is 11.8 Å². The standard InChI is InChI=1S/C20H17Cl2N5OS/c1-2-27-19(14-10-23-17-6-4-3-5-13(14)17)25-26-20(27)29-11-18(28)24-12-7-8-15(21)16(22)9-12/h3-10,23H,2,11H2,1H3,(H,24,28). The van der Waals surface area contributed by atoms with Crippen molar-refractivity contribution in [3.63, 3.8) is 0 Å². The molecule has 2 N–H and O–H groups in total. The topological polar surface area (TPSA) is 75.6 Å². The van der Waals surface area contributed by atoms with E-state index < -0.39 is 0 Å². The fraction of sp³-hybridized carbons (Fsp3) is 0.150. The van der Waals surface area contributed by atoms with Crippen LogP contribution in [0.15, 0.2) is 53.8 Å². The number of rotatable bonds is 6. The predicted octanol–water partition coefficient (Wildman–Crippen LogP) is 5.48. The molecule has 6 nitrogen and oxygen atoms in total. The number of aromatic nitrogens is 4. The Labute approximate surface area is 181 Å². The number of benzene rings is 2. The van der Waals surface area contributed by atoms with Gasteiger partial charge in [0.05, 0.1) is 15.8 Å². The van der Waals surface area contributed by atoms with E-state index in [9.17, 15) is 4.79 Å². The number of amides is 1. The molecule has 0 saturated heterocycles. The SMILES string of the molecule is CCn1c(SCC(=O)Nc2ccc(Cl)c(Cl)c2)nnc1-c1c[nH]c2ccccc12. The van der Waals surface area contributed by atoms with E-state index in [-0.39, 0.29) is 11.7 Å². The Morgan fingerprint density at radius 2 is 2.00 bits per heavy atom. The molecular weight excluding hydrogens is 429 g/mol. The fourth-order valence-corrected chi connectivity index (χ4v) is 4.14. The number of H-pyrrole nitrogens is 1. The molecular formula is C20H17Cl2N5OS. The first-order valence-electron chi connectivity index (χ1n) is 8.94. The molecule has 148 valence electrons. The van der Waals surface area contributed by atoms with Gasteiger partial charge < -0.3 is 14.9 Å². The molecule has 0 spiro atoms. The molecule has 4 rings (SSSR count). The molecule has 0 aliphatic carbocycles. The highest BCUT2D eigenvalue weighted by atomic mass is 35.5. The second kappa shape index (κ2) is 8.49. The summed E-state index contributed by atoms with van der Waals surface area (Å²) in [5.74, 6) is 0.816. The number of halogens is 2. The average Bonchev–Trinajstić information content (AvgIpc) is 3.32. The Balaban J connectivity index is 1.49. The van der Waals surface area contributed by atoms with E-state index in [0.717, 1.165) is 22.3 Å². The minimum atomic E-state index is -0.160. The van der Waals surface area contributed by atoms with Crippen molar-refractivity contribution in [3.8, 4) is 11.4 Å². The molecule has 1 amide bonds. The van der Waals surface area contributed by atoms with Gasteiger partial charge in [0.1, 0.15) is 0 Å². The van der Waals surface area contributed by atoms with Gasteiger partial charge in [-0.3, -0.25) is 4.79 Å². The van der Waals surface area contributed by atoms with Gasteiger partial charge in [-0.2, -0.15) is 0 Å². The van der Waals surface area contributed by atoms with Crippen molar-refractivity contribution in [2.75, 3.05) is 11.1 Å². The Bertz CT molecular complexity index is 1190. The van der Waals surface area contributed by atoms with Crippen LogP contribution in [0.25, 0.3) is 22.3 Å². The van der Waals surface area contributed by atoms with Gasteiger partial charge in [-0.1, -0.05) is 53.2 Å². The third kappa shape index (κ3) is 4.12. The van der Waals surface area contributed by atoms with Crippen LogP contribution in [0.5, 0.6) is 0 Å². The number of para-hydroxylation sites is 1. The molecule has 0 bridgehead atoms. The number of fused-ring (bicyclic) bond motifs is 1. The molecule has 2 aromatic heterocycles. The summed E-state index contributed by atoms with van der Waals surface area (Å²) in [6.07, 6.45) is 1.94. The number of nitrogens with zero attached hydrogens (tertiary/aromatic N) is 3. The lowest BCUT2D eigenvalue weighted by molar-refractivity contribution is -0.113. The van der Waals surface area contributed by atoms with Crippen LogP contribution in [0.3, 0.4) is 0 Å². The maximum absolute atomic E-state index is 12.3. The first-order valence-corrected chi connectivity index (χ1v) is 10.7. The van der Waals surface area contributed by atoms with Crippen LogP contribution in [0.2, 0.25) is 10.0 Å². The minimum Gasteiger partial charge on any atom is -0.360 e. The molecule has 0 atom stereocenters. The number of hydrogen-bond acceptors (Lipinski definition) is 4. The summed E-state index contributed by atoms with van der Waals surface area (Å²) >= 11 is 13.2. The highest BCUT2D eigenvalue weighted by molar-refractivity contribution is 7.99. The average molecular weight is 446 g/mol. The monoisotopic (exact) mass is 445 g/mol. The smallest absolute Gasteiger partial charge is 0.234 e. The van der Waals surface area contributed by atoms with E-state index in [4.69, 9.17) is 23.2 Å². The number of carbonyl (C=O) groups is 1. The van der Waals surface area contributed by atoms with Crippen LogP contribution in [0, 0.1) is 0 Å². The van der Waals surface area contributed by atoms with E-state index in [1.54, 1.807) is 18.2 Å². The molecule has 0 saturated carbocycles. The Kier molecular flexibility index (Phi) is 5.80. The number of thioether (sulfide) groups is 1. The van der Waals surface area contributed by atoms with Crippen LogP contribution >= 0.6 is 35.0 Å². The molecule has 0 aliphatic rings. The van der Waals surface area contributed by atoms with Gasteiger partial charge >= 0.3 is 0 Å². The van der Waals surface area contributed by atoms with Crippen molar-refractivity contribution in [3.05, 3.63) is 58.7 Å². The Hall–Kier alpha value is -2.48. The predicted molar refractivity (Wildman–Crippen MR) is 119 cm³/mol. The van der Waals surface area contributed by atoms with Gasteiger partial charge in [0, 0.05) is 34.9 Å². The van der Waals surface area contributed by atoms with Gasteiger partial charge in [-0.15, -0.1) is 10.2 Å². The summed E-state index contributed by atoms with van der Waals surface area (Å²) < 4.78 is 2.01. The first-order chi connectivity index (χ1) is 14.1. The van der Waals surface area contributed by atoms with E-state index in [1.807, 2.05) is 42.0 Å².